The van der Waals surface area contributed by atoms with Crippen molar-refractivity contribution in [3.63, 3.8) is 0 Å². The number of carbonyl (C=O) groups is 1. The fourth-order valence-corrected chi connectivity index (χ4v) is 1.76. The summed E-state index contributed by atoms with van der Waals surface area (Å²) < 4.78 is 10.3. The van der Waals surface area contributed by atoms with E-state index in [4.69, 9.17) is 15.0 Å². The van der Waals surface area contributed by atoms with Crippen molar-refractivity contribution in [3.05, 3.63) is 40.3 Å². The molecular weight excluding hydrogens is 248 g/mol. The number of hydrogen-bond donors (Lipinski definition) is 0. The Labute approximate surface area is 109 Å². The SMILES string of the molecule is COc1ccccc1C1=NC[C@@H](CN=[N+]=[N-])OC1=O. The van der Waals surface area contributed by atoms with E-state index in [9.17, 15) is 4.79 Å². The highest BCUT2D eigenvalue weighted by atomic mass is 16.5. The van der Waals surface area contributed by atoms with Gasteiger partial charge >= 0.3 is 5.97 Å². The fraction of sp³-hybridized carbons (Fsp3) is 0.333. The summed E-state index contributed by atoms with van der Waals surface area (Å²) in [4.78, 5) is 18.7. The van der Waals surface area contributed by atoms with Crippen molar-refractivity contribution < 1.29 is 14.3 Å². The lowest BCUT2D eigenvalue weighted by atomic mass is 10.1. The third kappa shape index (κ3) is 2.83. The monoisotopic (exact) mass is 260 g/mol. The van der Waals surface area contributed by atoms with Crippen LogP contribution in [0.5, 0.6) is 5.75 Å². The highest BCUT2D eigenvalue weighted by molar-refractivity contribution is 6.44. The van der Waals surface area contributed by atoms with Crippen LogP contribution in [0.4, 0.5) is 0 Å². The zero-order valence-electron chi connectivity index (χ0n) is 10.3. The molecule has 1 aromatic rings. The van der Waals surface area contributed by atoms with Gasteiger partial charge in [-0.3, -0.25) is 4.99 Å². The van der Waals surface area contributed by atoms with Gasteiger partial charge in [0, 0.05) is 10.5 Å². The zero-order chi connectivity index (χ0) is 13.7. The molecule has 0 fully saturated rings. The number of hydrogen-bond acceptors (Lipinski definition) is 5. The summed E-state index contributed by atoms with van der Waals surface area (Å²) in [7, 11) is 1.53. The van der Waals surface area contributed by atoms with Crippen LogP contribution >= 0.6 is 0 Å². The van der Waals surface area contributed by atoms with E-state index in [1.54, 1.807) is 18.2 Å². The Kier molecular flexibility index (Phi) is 4.00. The second-order valence-electron chi connectivity index (χ2n) is 3.83. The Morgan fingerprint density at radius 2 is 2.37 bits per heavy atom. The standard InChI is InChI=1S/C12H12N4O3/c1-18-10-5-3-2-4-9(10)11-12(17)19-8(6-14-11)7-15-16-13/h2-5,8H,6-7H2,1H3/t8-/m0/s1. The molecule has 0 spiro atoms. The van der Waals surface area contributed by atoms with E-state index >= 15 is 0 Å². The summed E-state index contributed by atoms with van der Waals surface area (Å²) in [6, 6.07) is 7.09. The van der Waals surface area contributed by atoms with E-state index in [0.29, 0.717) is 11.3 Å². The number of esters is 1. The Hall–Kier alpha value is -2.53. The number of para-hydroxylation sites is 1. The van der Waals surface area contributed by atoms with Crippen molar-refractivity contribution in [3.8, 4) is 5.75 Å². The van der Waals surface area contributed by atoms with E-state index in [1.807, 2.05) is 6.07 Å². The summed E-state index contributed by atoms with van der Waals surface area (Å²) in [6.07, 6.45) is -0.498. The number of aliphatic imine (C=N–C) groups is 1. The third-order valence-corrected chi connectivity index (χ3v) is 2.63. The Bertz CT molecular complexity index is 564. The number of carbonyl (C=O) groups excluding carboxylic acids is 1. The van der Waals surface area contributed by atoms with E-state index in [1.165, 1.54) is 7.11 Å². The van der Waals surface area contributed by atoms with Crippen LogP contribution in [0.3, 0.4) is 0 Å². The first kappa shape index (κ1) is 12.9. The Balaban J connectivity index is 2.24. The molecule has 1 aliphatic heterocycles. The van der Waals surface area contributed by atoms with Crippen molar-refractivity contribution >= 4 is 11.7 Å². The van der Waals surface area contributed by atoms with Gasteiger partial charge in [-0.15, -0.1) is 0 Å². The van der Waals surface area contributed by atoms with Gasteiger partial charge < -0.3 is 9.47 Å². The van der Waals surface area contributed by atoms with Crippen LogP contribution in [0.25, 0.3) is 10.4 Å². The van der Waals surface area contributed by atoms with Crippen LogP contribution in [0.15, 0.2) is 34.4 Å². The van der Waals surface area contributed by atoms with Gasteiger partial charge in [-0.1, -0.05) is 17.2 Å². The van der Waals surface area contributed by atoms with Crippen molar-refractivity contribution in [2.24, 2.45) is 10.1 Å². The highest BCUT2D eigenvalue weighted by Crippen LogP contribution is 2.21. The van der Waals surface area contributed by atoms with E-state index in [2.05, 4.69) is 15.0 Å². The maximum Gasteiger partial charge on any atom is 0.357 e. The minimum Gasteiger partial charge on any atom is -0.496 e. The summed E-state index contributed by atoms with van der Waals surface area (Å²) in [6.45, 7) is 0.364. The van der Waals surface area contributed by atoms with Gasteiger partial charge in [0.2, 0.25) is 0 Å². The minimum atomic E-state index is -0.533. The number of nitrogens with zero attached hydrogens (tertiary/aromatic N) is 4. The van der Waals surface area contributed by atoms with Crippen molar-refractivity contribution in [1.82, 2.24) is 0 Å². The average molecular weight is 260 g/mol. The quantitative estimate of drug-likeness (QED) is 0.357. The van der Waals surface area contributed by atoms with Gasteiger partial charge in [-0.05, 0) is 17.7 Å². The molecule has 0 radical (unpaired) electrons. The number of ether oxygens (including phenoxy) is 2. The zero-order valence-corrected chi connectivity index (χ0v) is 10.3. The molecule has 2 rings (SSSR count). The van der Waals surface area contributed by atoms with Crippen LogP contribution in [0.1, 0.15) is 5.56 Å². The van der Waals surface area contributed by atoms with Crippen molar-refractivity contribution in [2.75, 3.05) is 20.2 Å². The molecule has 98 valence electrons. The summed E-state index contributed by atoms with van der Waals surface area (Å²) >= 11 is 0. The molecule has 0 aliphatic carbocycles. The number of cyclic esters (lactones) is 1. The molecule has 0 saturated heterocycles. The highest BCUT2D eigenvalue weighted by Gasteiger charge is 2.27. The lowest BCUT2D eigenvalue weighted by molar-refractivity contribution is -0.140. The first-order chi connectivity index (χ1) is 9.26. The predicted molar refractivity (Wildman–Crippen MR) is 68.3 cm³/mol. The Morgan fingerprint density at radius 1 is 1.58 bits per heavy atom. The smallest absolute Gasteiger partial charge is 0.357 e. The third-order valence-electron chi connectivity index (χ3n) is 2.63. The van der Waals surface area contributed by atoms with Gasteiger partial charge in [0.15, 0.2) is 5.71 Å². The Morgan fingerprint density at radius 3 is 3.05 bits per heavy atom. The normalized spacial score (nSPS) is 18.1. The number of rotatable bonds is 4. The largest absolute Gasteiger partial charge is 0.496 e. The molecule has 1 aromatic carbocycles. The molecule has 1 heterocycles. The first-order valence-electron chi connectivity index (χ1n) is 5.66. The predicted octanol–water partition coefficient (Wildman–Crippen LogP) is 1.72. The van der Waals surface area contributed by atoms with Gasteiger partial charge in [0.25, 0.3) is 0 Å². The second kappa shape index (κ2) is 5.88. The van der Waals surface area contributed by atoms with E-state index < -0.39 is 12.1 Å². The molecule has 0 N–H and O–H groups in total. The molecule has 1 atom stereocenters. The number of azide groups is 1. The van der Waals surface area contributed by atoms with Gasteiger partial charge in [0.05, 0.1) is 20.2 Å². The fourth-order valence-electron chi connectivity index (χ4n) is 1.76. The number of methoxy groups -OCH3 is 1. The summed E-state index contributed by atoms with van der Waals surface area (Å²) in [5, 5.41) is 3.37. The molecule has 0 saturated carbocycles. The van der Waals surface area contributed by atoms with Gasteiger partial charge in [0.1, 0.15) is 11.9 Å². The first-order valence-corrected chi connectivity index (χ1v) is 5.66. The van der Waals surface area contributed by atoms with Crippen LogP contribution in [-0.4, -0.2) is 38.0 Å². The molecule has 0 aromatic heterocycles. The number of benzene rings is 1. The molecular formula is C12H12N4O3. The molecule has 0 unspecified atom stereocenters. The van der Waals surface area contributed by atoms with Crippen molar-refractivity contribution in [2.45, 2.75) is 6.10 Å². The maximum atomic E-state index is 11.9. The van der Waals surface area contributed by atoms with Gasteiger partial charge in [-0.2, -0.15) is 0 Å². The second-order valence-corrected chi connectivity index (χ2v) is 3.83. The molecule has 7 nitrogen and oxygen atoms in total. The van der Waals surface area contributed by atoms with Gasteiger partial charge in [-0.25, -0.2) is 4.79 Å². The molecule has 7 heteroatoms. The molecule has 0 amide bonds. The van der Waals surface area contributed by atoms with Crippen molar-refractivity contribution in [1.29, 1.82) is 0 Å². The topological polar surface area (TPSA) is 96.7 Å². The lowest BCUT2D eigenvalue weighted by Crippen LogP contribution is -2.34. The van der Waals surface area contributed by atoms with Crippen LogP contribution < -0.4 is 4.74 Å². The van der Waals surface area contributed by atoms with E-state index in [0.717, 1.165) is 0 Å². The van der Waals surface area contributed by atoms with Crippen LogP contribution in [-0.2, 0) is 9.53 Å². The van der Waals surface area contributed by atoms with E-state index in [-0.39, 0.29) is 18.8 Å². The molecule has 0 bridgehead atoms. The lowest BCUT2D eigenvalue weighted by Gasteiger charge is -2.20. The maximum absolute atomic E-state index is 11.9. The summed E-state index contributed by atoms with van der Waals surface area (Å²) in [5.74, 6) is 0.0283. The van der Waals surface area contributed by atoms with Crippen LogP contribution in [0, 0.1) is 0 Å². The minimum absolute atomic E-state index is 0.0882. The average Bonchev–Trinajstić information content (AvgIpc) is 2.45. The summed E-state index contributed by atoms with van der Waals surface area (Å²) in [5.41, 5.74) is 9.05. The molecule has 1 aliphatic rings. The van der Waals surface area contributed by atoms with Crippen LogP contribution in [0.2, 0.25) is 0 Å². The molecule has 19 heavy (non-hydrogen) atoms.